The lowest BCUT2D eigenvalue weighted by Gasteiger charge is -2.32. The van der Waals surface area contributed by atoms with Crippen molar-refractivity contribution < 1.29 is 8.78 Å². The molecule has 1 aliphatic carbocycles. The average Bonchev–Trinajstić information content (AvgIpc) is 2.98. The van der Waals surface area contributed by atoms with Crippen molar-refractivity contribution in [3.8, 4) is 0 Å². The Labute approximate surface area is 166 Å². The zero-order valence-corrected chi connectivity index (χ0v) is 16.7. The van der Waals surface area contributed by atoms with Crippen molar-refractivity contribution in [2.45, 2.75) is 57.5 Å². The van der Waals surface area contributed by atoms with Gasteiger partial charge in [0.2, 0.25) is 0 Å². The Hall–Kier alpha value is -1.47. The van der Waals surface area contributed by atoms with Gasteiger partial charge in [0.1, 0.15) is 5.82 Å². The van der Waals surface area contributed by atoms with Crippen LogP contribution in [0.1, 0.15) is 60.7 Å². The minimum absolute atomic E-state index is 0.0612. The molecule has 2 aromatic rings. The first-order valence-electron chi connectivity index (χ1n) is 9.81. The van der Waals surface area contributed by atoms with Crippen molar-refractivity contribution in [3.05, 3.63) is 39.3 Å². The summed E-state index contributed by atoms with van der Waals surface area (Å²) in [5, 5.41) is 3.46. The fourth-order valence-corrected chi connectivity index (χ4v) is 5.08. The molecule has 3 heterocycles. The molecule has 0 unspecified atom stereocenters. The zero-order valence-electron chi connectivity index (χ0n) is 15.1. The predicted octanol–water partition coefficient (Wildman–Crippen LogP) is 5.04. The number of anilines is 2. The lowest BCUT2D eigenvalue weighted by Crippen LogP contribution is -2.32. The normalized spacial score (nSPS) is 19.8. The van der Waals surface area contributed by atoms with E-state index in [4.69, 9.17) is 4.98 Å². The molecule has 144 valence electrons. The Kier molecular flexibility index (Phi) is 4.47. The fraction of sp³-hybridized carbons (Fsp3) is 0.550. The van der Waals surface area contributed by atoms with E-state index in [1.807, 2.05) is 6.07 Å². The van der Waals surface area contributed by atoms with E-state index in [-0.39, 0.29) is 5.56 Å². The van der Waals surface area contributed by atoms with Crippen LogP contribution < -0.4 is 10.2 Å². The van der Waals surface area contributed by atoms with E-state index in [9.17, 15) is 8.78 Å². The molecular weight excluding hydrogens is 414 g/mol. The number of alkyl halides is 2. The highest BCUT2D eigenvalue weighted by Crippen LogP contribution is 2.43. The van der Waals surface area contributed by atoms with Crippen LogP contribution in [0.2, 0.25) is 0 Å². The second-order valence-electron chi connectivity index (χ2n) is 7.75. The lowest BCUT2D eigenvalue weighted by molar-refractivity contribution is 0.150. The van der Waals surface area contributed by atoms with Crippen molar-refractivity contribution in [2.24, 2.45) is 0 Å². The quantitative estimate of drug-likeness (QED) is 0.731. The SMILES string of the molecule is FC(F)c1cc2c(cc1Br)CCCN2c1nc(C2CCC2)n2c1CNCC2. The maximum atomic E-state index is 13.5. The van der Waals surface area contributed by atoms with E-state index in [0.29, 0.717) is 10.4 Å². The summed E-state index contributed by atoms with van der Waals surface area (Å²) in [5.74, 6) is 2.72. The fourth-order valence-electron chi connectivity index (χ4n) is 4.51. The highest BCUT2D eigenvalue weighted by Gasteiger charge is 2.32. The van der Waals surface area contributed by atoms with Crippen LogP contribution in [0, 0.1) is 0 Å². The van der Waals surface area contributed by atoms with Crippen LogP contribution in [0.4, 0.5) is 20.3 Å². The minimum atomic E-state index is -2.49. The number of imidazole rings is 1. The van der Waals surface area contributed by atoms with Crippen LogP contribution in [0.5, 0.6) is 0 Å². The van der Waals surface area contributed by atoms with Crippen molar-refractivity contribution >= 4 is 27.4 Å². The summed E-state index contributed by atoms with van der Waals surface area (Å²) in [6.07, 6.45) is 3.13. The summed E-state index contributed by atoms with van der Waals surface area (Å²) in [6, 6.07) is 3.53. The van der Waals surface area contributed by atoms with Crippen LogP contribution in [0.15, 0.2) is 16.6 Å². The Morgan fingerprint density at radius 3 is 2.78 bits per heavy atom. The van der Waals surface area contributed by atoms with Gasteiger partial charge in [-0.25, -0.2) is 13.8 Å². The molecule has 3 aliphatic rings. The third-order valence-corrected chi connectivity index (χ3v) is 6.85. The van der Waals surface area contributed by atoms with Crippen molar-refractivity contribution in [1.82, 2.24) is 14.9 Å². The molecule has 1 fully saturated rings. The maximum absolute atomic E-state index is 13.5. The van der Waals surface area contributed by atoms with E-state index in [1.165, 1.54) is 30.8 Å². The molecule has 27 heavy (non-hydrogen) atoms. The summed E-state index contributed by atoms with van der Waals surface area (Å²) in [6.45, 7) is 3.52. The second-order valence-corrected chi connectivity index (χ2v) is 8.61. The first-order valence-corrected chi connectivity index (χ1v) is 10.6. The standard InChI is InChI=1S/C20H23BrF2N4/c21-15-9-13-5-2-7-26(16(13)10-14(15)18(22)23)20-17-11-24-6-8-27(17)19(25-20)12-3-1-4-12/h9-10,12,18,24H,1-8,11H2. The first-order chi connectivity index (χ1) is 13.1. The molecule has 4 nitrogen and oxygen atoms in total. The number of aryl methyl sites for hydroxylation is 1. The van der Waals surface area contributed by atoms with Crippen molar-refractivity contribution in [2.75, 3.05) is 18.0 Å². The number of nitrogens with zero attached hydrogens (tertiary/aromatic N) is 3. The minimum Gasteiger partial charge on any atom is -0.327 e. The number of benzene rings is 1. The van der Waals surface area contributed by atoms with Gasteiger partial charge < -0.3 is 14.8 Å². The number of rotatable bonds is 3. The molecule has 7 heteroatoms. The van der Waals surface area contributed by atoms with Gasteiger partial charge in [0, 0.05) is 47.8 Å². The lowest BCUT2D eigenvalue weighted by atomic mass is 9.85. The molecule has 2 aliphatic heterocycles. The van der Waals surface area contributed by atoms with Gasteiger partial charge in [0.15, 0.2) is 5.82 Å². The molecule has 0 amide bonds. The topological polar surface area (TPSA) is 33.1 Å². The number of halogens is 3. The maximum Gasteiger partial charge on any atom is 0.265 e. The number of fused-ring (bicyclic) bond motifs is 2. The highest BCUT2D eigenvalue weighted by molar-refractivity contribution is 9.10. The smallest absolute Gasteiger partial charge is 0.265 e. The van der Waals surface area contributed by atoms with Gasteiger partial charge in [-0.05, 0) is 43.4 Å². The molecule has 1 saturated carbocycles. The van der Waals surface area contributed by atoms with E-state index >= 15 is 0 Å². The van der Waals surface area contributed by atoms with Gasteiger partial charge in [-0.15, -0.1) is 0 Å². The summed E-state index contributed by atoms with van der Waals surface area (Å²) < 4.78 is 29.9. The Morgan fingerprint density at radius 2 is 2.04 bits per heavy atom. The molecule has 1 aromatic heterocycles. The first kappa shape index (κ1) is 17.6. The second kappa shape index (κ2) is 6.85. The van der Waals surface area contributed by atoms with Crippen LogP contribution in [-0.4, -0.2) is 22.6 Å². The third kappa shape index (κ3) is 2.90. The molecule has 0 spiro atoms. The number of hydrogen-bond donors (Lipinski definition) is 1. The van der Waals surface area contributed by atoms with Gasteiger partial charge in [-0.2, -0.15) is 0 Å². The van der Waals surface area contributed by atoms with Gasteiger partial charge in [-0.1, -0.05) is 22.4 Å². The van der Waals surface area contributed by atoms with Crippen LogP contribution in [-0.2, 0) is 19.5 Å². The number of aromatic nitrogens is 2. The molecule has 1 N–H and O–H groups in total. The van der Waals surface area contributed by atoms with E-state index in [2.05, 4.69) is 30.7 Å². The average molecular weight is 437 g/mol. The van der Waals surface area contributed by atoms with Crippen LogP contribution in [0.3, 0.4) is 0 Å². The molecule has 1 aromatic carbocycles. The molecule has 0 saturated heterocycles. The zero-order chi connectivity index (χ0) is 18.5. The summed E-state index contributed by atoms with van der Waals surface area (Å²) in [5.41, 5.74) is 3.28. The van der Waals surface area contributed by atoms with Crippen LogP contribution >= 0.6 is 15.9 Å². The Morgan fingerprint density at radius 1 is 1.19 bits per heavy atom. The Bertz CT molecular complexity index is 875. The van der Waals surface area contributed by atoms with Crippen molar-refractivity contribution in [3.63, 3.8) is 0 Å². The molecule has 5 rings (SSSR count). The Balaban J connectivity index is 1.62. The molecule has 0 radical (unpaired) electrons. The summed E-state index contributed by atoms with van der Waals surface area (Å²) in [4.78, 5) is 7.26. The summed E-state index contributed by atoms with van der Waals surface area (Å²) in [7, 11) is 0. The summed E-state index contributed by atoms with van der Waals surface area (Å²) >= 11 is 3.32. The number of hydrogen-bond acceptors (Lipinski definition) is 3. The van der Waals surface area contributed by atoms with E-state index < -0.39 is 6.43 Å². The third-order valence-electron chi connectivity index (χ3n) is 6.16. The van der Waals surface area contributed by atoms with E-state index in [0.717, 1.165) is 56.1 Å². The van der Waals surface area contributed by atoms with Gasteiger partial charge in [0.25, 0.3) is 6.43 Å². The van der Waals surface area contributed by atoms with Crippen LogP contribution in [0.25, 0.3) is 0 Å². The van der Waals surface area contributed by atoms with Gasteiger partial charge >= 0.3 is 0 Å². The molecular formula is C20H23BrF2N4. The van der Waals surface area contributed by atoms with Gasteiger partial charge in [-0.3, -0.25) is 0 Å². The monoisotopic (exact) mass is 436 g/mol. The number of nitrogens with one attached hydrogen (secondary N) is 1. The van der Waals surface area contributed by atoms with E-state index in [1.54, 1.807) is 6.07 Å². The highest BCUT2D eigenvalue weighted by atomic mass is 79.9. The predicted molar refractivity (Wildman–Crippen MR) is 105 cm³/mol. The molecule has 0 bridgehead atoms. The van der Waals surface area contributed by atoms with Gasteiger partial charge in [0.05, 0.1) is 5.69 Å². The largest absolute Gasteiger partial charge is 0.327 e. The molecule has 0 atom stereocenters. The van der Waals surface area contributed by atoms with Crippen molar-refractivity contribution in [1.29, 1.82) is 0 Å².